The van der Waals surface area contributed by atoms with E-state index in [1.165, 1.54) is 17.5 Å². The minimum absolute atomic E-state index is 0.0303. The molecule has 4 nitrogen and oxygen atoms in total. The third kappa shape index (κ3) is 2.26. The number of rotatable bonds is 4. The van der Waals surface area contributed by atoms with Gasteiger partial charge in [-0.2, -0.15) is 5.10 Å². The van der Waals surface area contributed by atoms with Crippen molar-refractivity contribution < 1.29 is 0 Å². The first-order valence-corrected chi connectivity index (χ1v) is 5.83. The van der Waals surface area contributed by atoms with Gasteiger partial charge < -0.3 is 4.90 Å². The molecule has 0 amide bonds. The summed E-state index contributed by atoms with van der Waals surface area (Å²) in [6.07, 6.45) is 2.59. The molecule has 1 saturated carbocycles. The van der Waals surface area contributed by atoms with E-state index in [1.54, 1.807) is 12.1 Å². The molecular weight excluding hydrogens is 202 g/mol. The molecule has 1 aromatic heterocycles. The second kappa shape index (κ2) is 3.92. The maximum atomic E-state index is 11.4. The Labute approximate surface area is 95.9 Å². The second-order valence-electron chi connectivity index (χ2n) is 5.01. The predicted molar refractivity (Wildman–Crippen MR) is 64.8 cm³/mol. The van der Waals surface area contributed by atoms with Gasteiger partial charge in [0.05, 0.1) is 0 Å². The zero-order valence-corrected chi connectivity index (χ0v) is 10.2. The third-order valence-corrected chi connectivity index (χ3v) is 3.27. The Morgan fingerprint density at radius 1 is 1.50 bits per heavy atom. The molecule has 0 N–H and O–H groups in total. The van der Waals surface area contributed by atoms with E-state index < -0.39 is 0 Å². The van der Waals surface area contributed by atoms with E-state index in [2.05, 4.69) is 16.9 Å². The van der Waals surface area contributed by atoms with E-state index in [1.807, 2.05) is 14.0 Å². The fraction of sp³-hybridized carbons (Fsp3) is 0.667. The summed E-state index contributed by atoms with van der Waals surface area (Å²) in [7, 11) is 2.04. The van der Waals surface area contributed by atoms with E-state index in [0.717, 1.165) is 12.4 Å². The van der Waals surface area contributed by atoms with Crippen LogP contribution in [0.1, 0.15) is 26.7 Å². The lowest BCUT2D eigenvalue weighted by atomic mass is 10.1. The number of aromatic nitrogens is 2. The van der Waals surface area contributed by atoms with Gasteiger partial charge in [0.1, 0.15) is 5.82 Å². The molecule has 0 atom stereocenters. The summed E-state index contributed by atoms with van der Waals surface area (Å²) in [4.78, 5) is 13.5. The Hall–Kier alpha value is -1.32. The van der Waals surface area contributed by atoms with Gasteiger partial charge in [-0.05, 0) is 31.2 Å². The summed E-state index contributed by atoms with van der Waals surface area (Å²) in [6.45, 7) is 5.86. The quantitative estimate of drug-likeness (QED) is 0.773. The van der Waals surface area contributed by atoms with E-state index in [9.17, 15) is 4.79 Å². The van der Waals surface area contributed by atoms with Gasteiger partial charge in [0, 0.05) is 26.2 Å². The van der Waals surface area contributed by atoms with Crippen LogP contribution in [0.4, 0.5) is 5.82 Å². The predicted octanol–water partition coefficient (Wildman–Crippen LogP) is 1.50. The summed E-state index contributed by atoms with van der Waals surface area (Å²) in [5.41, 5.74) is 0.432. The van der Waals surface area contributed by atoms with Crippen LogP contribution < -0.4 is 10.5 Å². The highest BCUT2D eigenvalue weighted by molar-refractivity contribution is 5.36. The third-order valence-electron chi connectivity index (χ3n) is 3.27. The summed E-state index contributed by atoms with van der Waals surface area (Å²) < 4.78 is 1.50. The van der Waals surface area contributed by atoms with Crippen molar-refractivity contribution in [1.29, 1.82) is 0 Å². The number of anilines is 1. The smallest absolute Gasteiger partial charge is 0.266 e. The molecule has 0 bridgehead atoms. The van der Waals surface area contributed by atoms with Crippen molar-refractivity contribution in [1.82, 2.24) is 9.78 Å². The highest BCUT2D eigenvalue weighted by Crippen LogP contribution is 2.45. The molecule has 4 heteroatoms. The molecule has 0 unspecified atom stereocenters. The van der Waals surface area contributed by atoms with Crippen molar-refractivity contribution in [3.8, 4) is 0 Å². The van der Waals surface area contributed by atoms with Crippen molar-refractivity contribution in [2.24, 2.45) is 5.41 Å². The first-order chi connectivity index (χ1) is 7.54. The lowest BCUT2D eigenvalue weighted by Crippen LogP contribution is -2.29. The van der Waals surface area contributed by atoms with Gasteiger partial charge in [0.2, 0.25) is 0 Å². The molecule has 1 fully saturated rings. The second-order valence-corrected chi connectivity index (χ2v) is 5.01. The van der Waals surface area contributed by atoms with Crippen LogP contribution in [0.5, 0.6) is 0 Å². The summed E-state index contributed by atoms with van der Waals surface area (Å²) in [5, 5.41) is 4.33. The fourth-order valence-electron chi connectivity index (χ4n) is 1.89. The maximum absolute atomic E-state index is 11.4. The highest BCUT2D eigenvalue weighted by atomic mass is 16.1. The molecule has 0 saturated heterocycles. The molecule has 1 aromatic rings. The Bertz CT molecular complexity index is 434. The van der Waals surface area contributed by atoms with Crippen LogP contribution in [0, 0.1) is 5.41 Å². The minimum Gasteiger partial charge on any atom is -0.358 e. The van der Waals surface area contributed by atoms with Crippen LogP contribution in [0.2, 0.25) is 0 Å². The topological polar surface area (TPSA) is 38.1 Å². The Balaban J connectivity index is 2.16. The molecule has 0 radical (unpaired) electrons. The number of aryl methyl sites for hydroxylation is 1. The molecule has 0 aliphatic heterocycles. The molecular formula is C12H19N3O. The van der Waals surface area contributed by atoms with Crippen molar-refractivity contribution in [2.45, 2.75) is 33.2 Å². The van der Waals surface area contributed by atoms with Crippen LogP contribution in [0.3, 0.4) is 0 Å². The zero-order chi connectivity index (χ0) is 11.8. The average Bonchev–Trinajstić information content (AvgIpc) is 2.96. The average molecular weight is 221 g/mol. The summed E-state index contributed by atoms with van der Waals surface area (Å²) in [6, 6.07) is 3.40. The van der Waals surface area contributed by atoms with Gasteiger partial charge >= 0.3 is 0 Å². The van der Waals surface area contributed by atoms with E-state index in [-0.39, 0.29) is 5.56 Å². The highest BCUT2D eigenvalue weighted by Gasteiger charge is 2.38. The normalized spacial score (nSPS) is 17.2. The van der Waals surface area contributed by atoms with Gasteiger partial charge in [-0.1, -0.05) is 6.92 Å². The molecule has 1 aliphatic carbocycles. The van der Waals surface area contributed by atoms with Crippen molar-refractivity contribution in [2.75, 3.05) is 18.5 Å². The van der Waals surface area contributed by atoms with Gasteiger partial charge in [-0.15, -0.1) is 0 Å². The number of hydrogen-bond acceptors (Lipinski definition) is 3. The molecule has 0 aromatic carbocycles. The van der Waals surface area contributed by atoms with E-state index >= 15 is 0 Å². The largest absolute Gasteiger partial charge is 0.358 e. The molecule has 16 heavy (non-hydrogen) atoms. The minimum atomic E-state index is -0.0303. The van der Waals surface area contributed by atoms with E-state index in [0.29, 0.717) is 12.0 Å². The monoisotopic (exact) mass is 221 g/mol. The van der Waals surface area contributed by atoms with E-state index in [4.69, 9.17) is 0 Å². The van der Waals surface area contributed by atoms with Gasteiger partial charge in [0.25, 0.3) is 5.56 Å². The lowest BCUT2D eigenvalue weighted by Gasteiger charge is -2.22. The SMILES string of the molecule is CCn1nc(N(C)CC2(C)CC2)ccc1=O. The first kappa shape index (κ1) is 11.2. The van der Waals surface area contributed by atoms with Crippen LogP contribution in [0.25, 0.3) is 0 Å². The standard InChI is InChI=1S/C12H19N3O/c1-4-15-11(16)6-5-10(13-15)14(3)9-12(2)7-8-12/h5-6H,4,7-9H2,1-3H3. The molecule has 88 valence electrons. The molecule has 0 spiro atoms. The van der Waals surface area contributed by atoms with Crippen molar-refractivity contribution in [3.63, 3.8) is 0 Å². The first-order valence-electron chi connectivity index (χ1n) is 5.83. The van der Waals surface area contributed by atoms with Gasteiger partial charge in [-0.3, -0.25) is 4.79 Å². The van der Waals surface area contributed by atoms with Crippen LogP contribution in [-0.2, 0) is 6.54 Å². The Morgan fingerprint density at radius 3 is 2.75 bits per heavy atom. The lowest BCUT2D eigenvalue weighted by molar-refractivity contribution is 0.553. The summed E-state index contributed by atoms with van der Waals surface area (Å²) in [5.74, 6) is 0.884. The maximum Gasteiger partial charge on any atom is 0.266 e. The van der Waals surface area contributed by atoms with Crippen LogP contribution in [-0.4, -0.2) is 23.4 Å². The summed E-state index contributed by atoms with van der Waals surface area (Å²) >= 11 is 0. The Kier molecular flexibility index (Phi) is 2.74. The number of hydrogen-bond donors (Lipinski definition) is 0. The Morgan fingerprint density at radius 2 is 2.19 bits per heavy atom. The molecule has 1 heterocycles. The van der Waals surface area contributed by atoms with Crippen LogP contribution >= 0.6 is 0 Å². The molecule has 2 rings (SSSR count). The number of nitrogens with zero attached hydrogens (tertiary/aromatic N) is 3. The molecule has 1 aliphatic rings. The van der Waals surface area contributed by atoms with Crippen molar-refractivity contribution >= 4 is 5.82 Å². The van der Waals surface area contributed by atoms with Gasteiger partial charge in [0.15, 0.2) is 0 Å². The zero-order valence-electron chi connectivity index (χ0n) is 10.2. The van der Waals surface area contributed by atoms with Crippen molar-refractivity contribution in [3.05, 3.63) is 22.5 Å². The van der Waals surface area contributed by atoms with Gasteiger partial charge in [-0.25, -0.2) is 4.68 Å². The fourth-order valence-corrected chi connectivity index (χ4v) is 1.89. The van der Waals surface area contributed by atoms with Crippen LogP contribution in [0.15, 0.2) is 16.9 Å².